The second kappa shape index (κ2) is 6.22. The highest BCUT2D eigenvalue weighted by atomic mass is 16.5. The van der Waals surface area contributed by atoms with Crippen LogP contribution in [-0.4, -0.2) is 40.2 Å². The van der Waals surface area contributed by atoms with Crippen molar-refractivity contribution in [2.75, 3.05) is 13.1 Å². The number of rotatable bonds is 4. The lowest BCUT2D eigenvalue weighted by Crippen LogP contribution is -2.55. The van der Waals surface area contributed by atoms with Gasteiger partial charge in [0, 0.05) is 30.6 Å². The monoisotopic (exact) mass is 280 g/mol. The Morgan fingerprint density at radius 1 is 1.30 bits per heavy atom. The molecule has 1 fully saturated rings. The molecule has 1 aliphatic heterocycles. The van der Waals surface area contributed by atoms with Crippen molar-refractivity contribution in [1.29, 1.82) is 0 Å². The van der Waals surface area contributed by atoms with Gasteiger partial charge in [-0.1, -0.05) is 39.8 Å². The van der Waals surface area contributed by atoms with Gasteiger partial charge < -0.3 is 9.84 Å². The summed E-state index contributed by atoms with van der Waals surface area (Å²) in [5.41, 5.74) is -0.0543. The molecule has 0 saturated carbocycles. The molecule has 1 aromatic rings. The molecule has 1 aromatic heterocycles. The first kappa shape index (κ1) is 15.4. The normalized spacial score (nSPS) is 25.1. The molecule has 0 aromatic carbocycles. The van der Waals surface area contributed by atoms with Gasteiger partial charge in [0.2, 0.25) is 5.89 Å². The summed E-state index contributed by atoms with van der Waals surface area (Å²) in [6, 6.07) is 1.13. The zero-order valence-electron chi connectivity index (χ0n) is 13.4. The molecule has 0 aliphatic carbocycles. The van der Waals surface area contributed by atoms with Gasteiger partial charge in [0.05, 0.1) is 6.54 Å². The Morgan fingerprint density at radius 3 is 2.60 bits per heavy atom. The minimum atomic E-state index is -0.0543. The molecular weight excluding hydrogens is 252 g/mol. The third-order valence-electron chi connectivity index (χ3n) is 4.05. The van der Waals surface area contributed by atoms with Gasteiger partial charge in [-0.05, 0) is 12.8 Å². The topological polar surface area (TPSA) is 54.2 Å². The zero-order chi connectivity index (χ0) is 14.8. The minimum Gasteiger partial charge on any atom is -0.338 e. The third kappa shape index (κ3) is 3.58. The Bertz CT molecular complexity index is 424. The van der Waals surface area contributed by atoms with E-state index in [0.29, 0.717) is 12.1 Å². The van der Waals surface area contributed by atoms with Crippen LogP contribution in [0.1, 0.15) is 59.2 Å². The van der Waals surface area contributed by atoms with Crippen molar-refractivity contribution in [1.82, 2.24) is 20.4 Å². The van der Waals surface area contributed by atoms with Gasteiger partial charge in [-0.25, -0.2) is 0 Å². The van der Waals surface area contributed by atoms with Crippen molar-refractivity contribution < 1.29 is 4.52 Å². The molecule has 1 saturated heterocycles. The summed E-state index contributed by atoms with van der Waals surface area (Å²) < 4.78 is 5.43. The van der Waals surface area contributed by atoms with Gasteiger partial charge in [0.15, 0.2) is 5.82 Å². The highest BCUT2D eigenvalue weighted by molar-refractivity contribution is 5.00. The van der Waals surface area contributed by atoms with Crippen molar-refractivity contribution in [2.45, 2.75) is 71.5 Å². The molecule has 5 nitrogen and oxygen atoms in total. The Kier molecular flexibility index (Phi) is 4.81. The van der Waals surface area contributed by atoms with E-state index in [1.54, 1.807) is 0 Å². The van der Waals surface area contributed by atoms with E-state index in [9.17, 15) is 0 Å². The third-order valence-corrected chi connectivity index (χ3v) is 4.05. The van der Waals surface area contributed by atoms with E-state index in [2.05, 4.69) is 55.0 Å². The predicted octanol–water partition coefficient (Wildman–Crippen LogP) is 2.33. The van der Waals surface area contributed by atoms with Gasteiger partial charge in [0.25, 0.3) is 0 Å². The largest absolute Gasteiger partial charge is 0.338 e. The van der Waals surface area contributed by atoms with Crippen LogP contribution in [0, 0.1) is 0 Å². The second-order valence-electron chi connectivity index (χ2n) is 6.77. The fraction of sp³-hybridized carbons (Fsp3) is 0.867. The highest BCUT2D eigenvalue weighted by Gasteiger charge is 2.28. The first-order valence-electron chi connectivity index (χ1n) is 7.74. The Hall–Kier alpha value is -0.940. The summed E-state index contributed by atoms with van der Waals surface area (Å²) in [5.74, 6) is 1.54. The van der Waals surface area contributed by atoms with Gasteiger partial charge in [-0.3, -0.25) is 4.90 Å². The molecule has 2 atom stereocenters. The molecule has 0 radical (unpaired) electrons. The maximum Gasteiger partial charge on any atom is 0.240 e. The lowest BCUT2D eigenvalue weighted by molar-refractivity contribution is 0.104. The van der Waals surface area contributed by atoms with E-state index in [1.165, 1.54) is 0 Å². The summed E-state index contributed by atoms with van der Waals surface area (Å²) in [4.78, 5) is 7.03. The van der Waals surface area contributed by atoms with Crippen LogP contribution < -0.4 is 5.32 Å². The quantitative estimate of drug-likeness (QED) is 0.917. The first-order chi connectivity index (χ1) is 9.44. The maximum absolute atomic E-state index is 5.43. The van der Waals surface area contributed by atoms with Crippen LogP contribution in [0.25, 0.3) is 0 Å². The van der Waals surface area contributed by atoms with Crippen LogP contribution in [0.2, 0.25) is 0 Å². The number of nitrogens with one attached hydrogen (secondary N) is 1. The standard InChI is InChI=1S/C15H28N4O/c1-6-11-9-19(12(7-2)8-16-11)10-13-17-14(18-20-13)15(3,4)5/h11-12,16H,6-10H2,1-5H3. The molecule has 2 unspecified atom stereocenters. The van der Waals surface area contributed by atoms with Crippen molar-refractivity contribution in [3.63, 3.8) is 0 Å². The SMILES string of the molecule is CCC1CN(Cc2nc(C(C)(C)C)no2)C(CC)CN1. The Morgan fingerprint density at radius 2 is 2.05 bits per heavy atom. The van der Waals surface area contributed by atoms with Gasteiger partial charge in [-0.2, -0.15) is 4.98 Å². The summed E-state index contributed by atoms with van der Waals surface area (Å²) in [6.07, 6.45) is 2.30. The summed E-state index contributed by atoms with van der Waals surface area (Å²) >= 11 is 0. The van der Waals surface area contributed by atoms with Gasteiger partial charge in [-0.15, -0.1) is 0 Å². The summed E-state index contributed by atoms with van der Waals surface area (Å²) in [5, 5.41) is 7.72. The lowest BCUT2D eigenvalue weighted by atomic mass is 9.96. The summed E-state index contributed by atoms with van der Waals surface area (Å²) in [6.45, 7) is 13.7. The van der Waals surface area contributed by atoms with Crippen LogP contribution >= 0.6 is 0 Å². The molecule has 0 spiro atoms. The first-order valence-corrected chi connectivity index (χ1v) is 7.74. The average Bonchev–Trinajstić information content (AvgIpc) is 2.87. The van der Waals surface area contributed by atoms with E-state index in [-0.39, 0.29) is 5.41 Å². The Labute approximate surface area is 122 Å². The molecule has 1 N–H and O–H groups in total. The number of hydrogen-bond acceptors (Lipinski definition) is 5. The fourth-order valence-corrected chi connectivity index (χ4v) is 2.60. The molecule has 114 valence electrons. The fourth-order valence-electron chi connectivity index (χ4n) is 2.60. The van der Waals surface area contributed by atoms with E-state index in [0.717, 1.165) is 44.2 Å². The summed E-state index contributed by atoms with van der Waals surface area (Å²) in [7, 11) is 0. The van der Waals surface area contributed by atoms with Gasteiger partial charge in [0.1, 0.15) is 0 Å². The minimum absolute atomic E-state index is 0.0543. The highest BCUT2D eigenvalue weighted by Crippen LogP contribution is 2.20. The molecule has 1 aliphatic rings. The second-order valence-corrected chi connectivity index (χ2v) is 6.77. The number of piperazine rings is 1. The smallest absolute Gasteiger partial charge is 0.240 e. The van der Waals surface area contributed by atoms with Crippen molar-refractivity contribution in [2.24, 2.45) is 0 Å². The molecule has 2 rings (SSSR count). The van der Waals surface area contributed by atoms with E-state index in [4.69, 9.17) is 4.52 Å². The van der Waals surface area contributed by atoms with Crippen LogP contribution in [0.15, 0.2) is 4.52 Å². The van der Waals surface area contributed by atoms with Crippen molar-refractivity contribution >= 4 is 0 Å². The van der Waals surface area contributed by atoms with E-state index in [1.807, 2.05) is 0 Å². The molecule has 0 amide bonds. The molecular formula is C15H28N4O. The lowest BCUT2D eigenvalue weighted by Gasteiger charge is -2.39. The number of nitrogens with zero attached hydrogens (tertiary/aromatic N) is 3. The van der Waals surface area contributed by atoms with Crippen molar-refractivity contribution in [3.8, 4) is 0 Å². The van der Waals surface area contributed by atoms with Crippen LogP contribution in [0.4, 0.5) is 0 Å². The predicted molar refractivity (Wildman–Crippen MR) is 79.6 cm³/mol. The van der Waals surface area contributed by atoms with E-state index >= 15 is 0 Å². The molecule has 5 heteroatoms. The average molecular weight is 280 g/mol. The van der Waals surface area contributed by atoms with Crippen LogP contribution in [0.5, 0.6) is 0 Å². The molecule has 20 heavy (non-hydrogen) atoms. The van der Waals surface area contributed by atoms with E-state index < -0.39 is 0 Å². The van der Waals surface area contributed by atoms with Gasteiger partial charge >= 0.3 is 0 Å². The van der Waals surface area contributed by atoms with Crippen LogP contribution in [-0.2, 0) is 12.0 Å². The molecule has 0 bridgehead atoms. The number of aromatic nitrogens is 2. The Balaban J connectivity index is 2.04. The maximum atomic E-state index is 5.43. The zero-order valence-corrected chi connectivity index (χ0v) is 13.4. The number of hydrogen-bond donors (Lipinski definition) is 1. The van der Waals surface area contributed by atoms with Crippen LogP contribution in [0.3, 0.4) is 0 Å². The molecule has 2 heterocycles. The van der Waals surface area contributed by atoms with Crippen molar-refractivity contribution in [3.05, 3.63) is 11.7 Å².